The summed E-state index contributed by atoms with van der Waals surface area (Å²) < 4.78 is 98.6. The molecule has 4 N–H and O–H groups in total. The maximum atomic E-state index is 15.1. The first-order valence-electron chi connectivity index (χ1n) is 20.5. The normalized spacial score (nSPS) is 17.9. The third-order valence-corrected chi connectivity index (χ3v) is 9.67. The van der Waals surface area contributed by atoms with Crippen LogP contribution >= 0.6 is 35.6 Å². The zero-order valence-electron chi connectivity index (χ0n) is 36.8. The Morgan fingerprint density at radius 2 is 1.29 bits per heavy atom. The number of piperidine rings is 2. The number of hydrogen-bond acceptors (Lipinski definition) is 10. The van der Waals surface area contributed by atoms with E-state index in [0.29, 0.717) is 11.6 Å². The van der Waals surface area contributed by atoms with E-state index >= 15 is 4.39 Å². The number of carbonyl (C=O) groups excluding carboxylic acids is 2. The molecule has 1 unspecified atom stereocenters. The first-order chi connectivity index (χ1) is 29.5. The van der Waals surface area contributed by atoms with E-state index in [1.807, 2.05) is 0 Å². The number of nitriles is 1. The minimum absolute atomic E-state index is 0. The van der Waals surface area contributed by atoms with Crippen molar-refractivity contribution >= 4 is 47.4 Å². The second-order valence-corrected chi connectivity index (χ2v) is 14.0. The second-order valence-electron chi connectivity index (χ2n) is 13.1. The highest BCUT2D eigenvalue weighted by Crippen LogP contribution is 2.31. The summed E-state index contributed by atoms with van der Waals surface area (Å²) in [6.07, 6.45) is 3.41. The van der Waals surface area contributed by atoms with Crippen LogP contribution in [0.25, 0.3) is 0 Å². The van der Waals surface area contributed by atoms with Gasteiger partial charge in [-0.15, -0.1) is 12.4 Å². The maximum Gasteiger partial charge on any atom is 0.253 e. The lowest BCUT2D eigenvalue weighted by Gasteiger charge is -2.37. The molecule has 12 nitrogen and oxygen atoms in total. The van der Waals surface area contributed by atoms with Crippen molar-refractivity contribution in [2.45, 2.75) is 69.9 Å². The van der Waals surface area contributed by atoms with Crippen LogP contribution in [0.2, 0.25) is 10.0 Å². The summed E-state index contributed by atoms with van der Waals surface area (Å²) in [5, 5.41) is 20.6. The Kier molecular flexibility index (Phi) is 14.8. The van der Waals surface area contributed by atoms with Gasteiger partial charge in [0.25, 0.3) is 11.8 Å². The molecule has 0 radical (unpaired) electrons. The molecule has 6 rings (SSSR count). The van der Waals surface area contributed by atoms with Crippen LogP contribution in [-0.2, 0) is 13.1 Å². The molecule has 312 valence electrons. The van der Waals surface area contributed by atoms with E-state index in [9.17, 15) is 27.9 Å². The van der Waals surface area contributed by atoms with Crippen LogP contribution in [-0.4, -0.2) is 96.8 Å². The molecule has 2 aliphatic heterocycles. The molecule has 2 aromatic carbocycles. The number of rotatable bonds is 8. The van der Waals surface area contributed by atoms with Gasteiger partial charge in [0.05, 0.1) is 29.2 Å². The fourth-order valence-electron chi connectivity index (χ4n) is 5.69. The Labute approximate surface area is 358 Å². The second kappa shape index (κ2) is 22.0. The highest BCUT2D eigenvalue weighted by atomic mass is 35.5. The average molecular weight is 875 g/mol. The smallest absolute Gasteiger partial charge is 0.253 e. The lowest BCUT2D eigenvalue weighted by molar-refractivity contribution is -0.0201. The molecule has 0 aliphatic carbocycles. The molecule has 58 heavy (non-hydrogen) atoms. The van der Waals surface area contributed by atoms with E-state index in [1.165, 1.54) is 64.9 Å². The number of carbonyl (C=O) groups is 2. The van der Waals surface area contributed by atoms with Gasteiger partial charge >= 0.3 is 0 Å². The van der Waals surface area contributed by atoms with Crippen LogP contribution in [0.4, 0.5) is 17.6 Å². The van der Waals surface area contributed by atoms with E-state index < -0.39 is 42.8 Å². The van der Waals surface area contributed by atoms with Gasteiger partial charge in [0.2, 0.25) is 0 Å². The van der Waals surface area contributed by atoms with Crippen molar-refractivity contribution in [1.29, 1.82) is 5.26 Å². The zero-order valence-corrected chi connectivity index (χ0v) is 33.1. The van der Waals surface area contributed by atoms with E-state index in [-0.39, 0.29) is 128 Å². The number of aromatic nitrogens is 4. The number of amides is 2. The van der Waals surface area contributed by atoms with Crippen molar-refractivity contribution in [2.75, 3.05) is 32.7 Å². The van der Waals surface area contributed by atoms with Gasteiger partial charge in [-0.05, 0) is 61.2 Å². The van der Waals surface area contributed by atoms with Crippen LogP contribution in [0, 0.1) is 36.7 Å². The minimum atomic E-state index is -2.26. The number of aryl methyl sites for hydroxylation is 2. The Morgan fingerprint density at radius 1 is 0.862 bits per heavy atom. The predicted molar refractivity (Wildman–Crippen MR) is 213 cm³/mol. The number of nitrogens with zero attached hydrogens (tertiary/aromatic N) is 7. The number of hydrogen-bond donors (Lipinski definition) is 3. The van der Waals surface area contributed by atoms with Gasteiger partial charge < -0.3 is 26.0 Å². The monoisotopic (exact) mass is 873 g/mol. The third kappa shape index (κ3) is 13.5. The van der Waals surface area contributed by atoms with Gasteiger partial charge in [-0.1, -0.05) is 23.2 Å². The molecule has 19 heteroatoms. The Morgan fingerprint density at radius 3 is 1.69 bits per heavy atom. The molecule has 2 fully saturated rings. The lowest BCUT2D eigenvalue weighted by Crippen LogP contribution is -2.49. The predicted octanol–water partition coefficient (Wildman–Crippen LogP) is 6.29. The van der Waals surface area contributed by atoms with Gasteiger partial charge in [-0.2, -0.15) is 5.26 Å². The summed E-state index contributed by atoms with van der Waals surface area (Å²) >= 11 is 11.4. The summed E-state index contributed by atoms with van der Waals surface area (Å²) in [6, 6.07) is 8.88. The van der Waals surface area contributed by atoms with Crippen molar-refractivity contribution in [3.05, 3.63) is 117 Å². The first-order valence-corrected chi connectivity index (χ1v) is 18.2. The summed E-state index contributed by atoms with van der Waals surface area (Å²) in [7, 11) is 0. The molecule has 0 saturated carbocycles. The number of alkyl halides is 2. The number of halogens is 7. The fourth-order valence-corrected chi connectivity index (χ4v) is 6.05. The number of nitrogens with two attached hydrogens (primary N) is 1. The van der Waals surface area contributed by atoms with Crippen molar-refractivity contribution in [1.82, 2.24) is 35.1 Å². The quantitative estimate of drug-likeness (QED) is 0.135. The Balaban J connectivity index is 0.000000278. The van der Waals surface area contributed by atoms with Crippen molar-refractivity contribution in [3.63, 3.8) is 0 Å². The topological polar surface area (TPSA) is 174 Å². The zero-order chi connectivity index (χ0) is 46.8. The van der Waals surface area contributed by atoms with Gasteiger partial charge in [0, 0.05) is 103 Å². The van der Waals surface area contributed by atoms with Crippen LogP contribution < -0.4 is 11.1 Å². The number of aliphatic hydroxyl groups is 1. The summed E-state index contributed by atoms with van der Waals surface area (Å²) in [4.78, 5) is 43.2. The number of benzene rings is 2. The molecule has 2 saturated heterocycles. The summed E-state index contributed by atoms with van der Waals surface area (Å²) in [5.41, 5.74) is 2.43. The maximum absolute atomic E-state index is 15.1. The van der Waals surface area contributed by atoms with Crippen LogP contribution in [0.1, 0.15) is 77.4 Å². The molecule has 2 aliphatic rings. The molecule has 2 aromatic heterocycles. The van der Waals surface area contributed by atoms with Crippen LogP contribution in [0.15, 0.2) is 61.2 Å². The number of likely N-dealkylation sites (tertiary alicyclic amines) is 2. The minimum Gasteiger partial charge on any atom is -0.375 e. The van der Waals surface area contributed by atoms with Crippen molar-refractivity contribution in [2.24, 2.45) is 5.73 Å². The standard InChI is InChI=1S/C19H21ClF2N4O.C14H13ClF2N2O2.C6H9N3.ClH/c1-13-9-24-17(25-10-13)11-23-12-19(22)4-6-26(7-5-19)18(27)14-2-3-16(21)15(20)8-14;15-10-7-9(1-2-11(10)16)13(21)19-5-3-14(17,4-6-19)12(20)8-18;1-5-3-8-6(2-7)9-4-5;/h2-3,8-10,23H,4-7,11-12H2,1H3;1-2,7,12,20H,3-6H2;3-4H,2,7H2,1H3;1H/i1D3;;1D3;. The van der Waals surface area contributed by atoms with Gasteiger partial charge in [-0.25, -0.2) is 37.5 Å². The molecule has 4 heterocycles. The average Bonchev–Trinajstić information content (AvgIpc) is 3.25. The third-order valence-electron chi connectivity index (χ3n) is 9.09. The molecule has 0 spiro atoms. The first kappa shape index (κ1) is 39.0. The summed E-state index contributed by atoms with van der Waals surface area (Å²) in [6.45, 7) is -3.31. The number of aliphatic hydroxyl groups excluding tert-OH is 1. The van der Waals surface area contributed by atoms with E-state index in [2.05, 4.69) is 25.3 Å². The van der Waals surface area contributed by atoms with Crippen LogP contribution in [0.5, 0.6) is 0 Å². The number of nitrogens with one attached hydrogen (secondary N) is 1. The molecule has 0 bridgehead atoms. The molecule has 4 aromatic rings. The van der Waals surface area contributed by atoms with Gasteiger partial charge in [0.15, 0.2) is 11.8 Å². The van der Waals surface area contributed by atoms with Crippen molar-refractivity contribution in [3.8, 4) is 6.07 Å². The molecular weight excluding hydrogens is 825 g/mol. The SMILES string of the molecule is Cl.N#CC(O)C1(F)CCN(C(=O)c2ccc(F)c(Cl)c2)CC1.[2H]C([2H])([2H])c1cnc(CN)nc1.[2H]C([2H])([2H])c1cnc(CNCC2(F)CCN(C(=O)c3ccc(F)c(Cl)c3)CC2)nc1. The van der Waals surface area contributed by atoms with Gasteiger partial charge in [0.1, 0.15) is 29.0 Å². The van der Waals surface area contributed by atoms with Gasteiger partial charge in [-0.3, -0.25) is 9.59 Å². The Hall–Kier alpha value is -4.50. The van der Waals surface area contributed by atoms with E-state index in [0.717, 1.165) is 12.1 Å². The van der Waals surface area contributed by atoms with E-state index in [1.54, 1.807) is 0 Å². The molecule has 1 atom stereocenters. The highest BCUT2D eigenvalue weighted by Gasteiger charge is 2.42. The highest BCUT2D eigenvalue weighted by molar-refractivity contribution is 6.31. The van der Waals surface area contributed by atoms with E-state index in [4.69, 9.17) is 42.4 Å². The van der Waals surface area contributed by atoms with Crippen LogP contribution in [0.3, 0.4) is 0 Å². The Bertz CT molecular complexity index is 2230. The van der Waals surface area contributed by atoms with Crippen molar-refractivity contribution < 1.29 is 40.5 Å². The molecule has 2 amide bonds. The largest absolute Gasteiger partial charge is 0.375 e. The molecular formula is C39H44Cl3F4N9O3. The fraction of sp³-hybridized carbons (Fsp3) is 0.410. The summed E-state index contributed by atoms with van der Waals surface area (Å²) in [5.74, 6) is -1.10. The lowest BCUT2D eigenvalue weighted by atomic mass is 9.88.